The first-order valence-corrected chi connectivity index (χ1v) is 7.74. The van der Waals surface area contributed by atoms with Crippen LogP contribution in [0.25, 0.3) is 0 Å². The Balaban J connectivity index is 2.65. The van der Waals surface area contributed by atoms with Crippen LogP contribution in [0.4, 0.5) is 0 Å². The van der Waals surface area contributed by atoms with Gasteiger partial charge in [0.15, 0.2) is 0 Å². The summed E-state index contributed by atoms with van der Waals surface area (Å²) in [5.41, 5.74) is 0.551. The highest BCUT2D eigenvalue weighted by Gasteiger charge is 2.20. The predicted octanol–water partition coefficient (Wildman–Crippen LogP) is 1.12. The number of carbonyl (C=O) groups is 1. The minimum atomic E-state index is -3.73. The third kappa shape index (κ3) is 5.38. The van der Waals surface area contributed by atoms with E-state index in [-0.39, 0.29) is 13.0 Å². The van der Waals surface area contributed by atoms with Gasteiger partial charge in [0.2, 0.25) is 10.0 Å². The zero-order chi connectivity index (χ0) is 15.0. The third-order valence-electron chi connectivity index (χ3n) is 2.44. The summed E-state index contributed by atoms with van der Waals surface area (Å²) in [5.74, 6) is -0.984. The number of hydrogen-bond acceptors (Lipinski definition) is 5. The fourth-order valence-electron chi connectivity index (χ4n) is 1.50. The van der Waals surface area contributed by atoms with Crippen molar-refractivity contribution in [2.45, 2.75) is 19.4 Å². The molecular weight excluding hydrogens is 280 g/mol. The van der Waals surface area contributed by atoms with Gasteiger partial charge < -0.3 is 4.74 Å². The molecular formula is C13H16N2O4S. The van der Waals surface area contributed by atoms with Crippen molar-refractivity contribution in [2.24, 2.45) is 0 Å². The van der Waals surface area contributed by atoms with Crippen LogP contribution in [0.15, 0.2) is 30.3 Å². The van der Waals surface area contributed by atoms with E-state index < -0.39 is 27.8 Å². The van der Waals surface area contributed by atoms with Crippen LogP contribution in [-0.2, 0) is 19.6 Å². The van der Waals surface area contributed by atoms with Crippen LogP contribution in [0.3, 0.4) is 0 Å². The maximum absolute atomic E-state index is 11.8. The normalized spacial score (nSPS) is 12.4. The average molecular weight is 296 g/mol. The van der Waals surface area contributed by atoms with Gasteiger partial charge >= 0.3 is 5.97 Å². The summed E-state index contributed by atoms with van der Waals surface area (Å²) in [6.07, 6.45) is -0.240. The number of sulfonamides is 1. The first-order chi connectivity index (χ1) is 9.48. The van der Waals surface area contributed by atoms with Crippen molar-refractivity contribution < 1.29 is 17.9 Å². The van der Waals surface area contributed by atoms with E-state index >= 15 is 0 Å². The van der Waals surface area contributed by atoms with E-state index in [0.29, 0.717) is 5.56 Å². The first-order valence-electron chi connectivity index (χ1n) is 6.08. The van der Waals surface area contributed by atoms with Crippen molar-refractivity contribution in [3.8, 4) is 6.07 Å². The SMILES string of the molecule is CCOC(=O)CCS(=O)(=O)NC(C#N)c1ccccc1. The van der Waals surface area contributed by atoms with Crippen molar-refractivity contribution >= 4 is 16.0 Å². The van der Waals surface area contributed by atoms with Gasteiger partial charge in [-0.3, -0.25) is 4.79 Å². The molecule has 0 saturated heterocycles. The Morgan fingerprint density at radius 3 is 2.60 bits per heavy atom. The summed E-state index contributed by atoms with van der Waals surface area (Å²) in [6.45, 7) is 1.85. The molecule has 0 spiro atoms. The smallest absolute Gasteiger partial charge is 0.306 e. The fraction of sp³-hybridized carbons (Fsp3) is 0.385. The molecule has 1 atom stereocenters. The molecule has 0 heterocycles. The zero-order valence-corrected chi connectivity index (χ0v) is 11.9. The largest absolute Gasteiger partial charge is 0.466 e. The van der Waals surface area contributed by atoms with Crippen molar-refractivity contribution in [1.82, 2.24) is 4.72 Å². The minimum absolute atomic E-state index is 0.206. The Bertz CT molecular complexity index is 578. The van der Waals surface area contributed by atoms with E-state index in [0.717, 1.165) is 0 Å². The summed E-state index contributed by atoms with van der Waals surface area (Å²) in [6, 6.07) is 9.42. The molecule has 20 heavy (non-hydrogen) atoms. The second-order valence-corrected chi connectivity index (χ2v) is 5.84. The predicted molar refractivity (Wildman–Crippen MR) is 73.0 cm³/mol. The van der Waals surface area contributed by atoms with Crippen molar-refractivity contribution in [3.63, 3.8) is 0 Å². The Labute approximate surface area is 118 Å². The summed E-state index contributed by atoms with van der Waals surface area (Å²) < 4.78 is 30.5. The summed E-state index contributed by atoms with van der Waals surface area (Å²) in [7, 11) is -3.73. The molecule has 1 aromatic carbocycles. The zero-order valence-electron chi connectivity index (χ0n) is 11.1. The molecule has 0 saturated carbocycles. The van der Waals surface area contributed by atoms with Gasteiger partial charge in [-0.2, -0.15) is 9.98 Å². The molecule has 1 N–H and O–H groups in total. The van der Waals surface area contributed by atoms with E-state index in [1.54, 1.807) is 37.3 Å². The molecule has 1 rings (SSSR count). The maximum atomic E-state index is 11.8. The number of nitrogens with one attached hydrogen (secondary N) is 1. The van der Waals surface area contributed by atoms with Crippen LogP contribution in [0.5, 0.6) is 0 Å². The fourth-order valence-corrected chi connectivity index (χ4v) is 2.60. The van der Waals surface area contributed by atoms with E-state index in [9.17, 15) is 13.2 Å². The molecule has 0 fully saturated rings. The average Bonchev–Trinajstić information content (AvgIpc) is 2.44. The van der Waals surface area contributed by atoms with Gasteiger partial charge in [0, 0.05) is 0 Å². The van der Waals surface area contributed by atoms with Gasteiger partial charge in [-0.25, -0.2) is 8.42 Å². The molecule has 108 valence electrons. The lowest BCUT2D eigenvalue weighted by Gasteiger charge is -2.12. The molecule has 0 aliphatic heterocycles. The third-order valence-corrected chi connectivity index (χ3v) is 3.78. The number of carbonyl (C=O) groups excluding carboxylic acids is 1. The minimum Gasteiger partial charge on any atom is -0.466 e. The number of nitrogens with zero attached hydrogens (tertiary/aromatic N) is 1. The first kappa shape index (κ1) is 16.1. The van der Waals surface area contributed by atoms with E-state index in [1.165, 1.54) is 0 Å². The monoisotopic (exact) mass is 296 g/mol. The number of benzene rings is 1. The molecule has 1 unspecified atom stereocenters. The maximum Gasteiger partial charge on any atom is 0.306 e. The number of ether oxygens (including phenoxy) is 1. The van der Waals surface area contributed by atoms with Gasteiger partial charge in [-0.1, -0.05) is 30.3 Å². The molecule has 0 bridgehead atoms. The van der Waals surface area contributed by atoms with Crippen molar-refractivity contribution in [1.29, 1.82) is 5.26 Å². The standard InChI is InChI=1S/C13H16N2O4S/c1-2-19-13(16)8-9-20(17,18)15-12(10-14)11-6-4-3-5-7-11/h3-7,12,15H,2,8-9H2,1H3. The lowest BCUT2D eigenvalue weighted by molar-refractivity contribution is -0.142. The van der Waals surface area contributed by atoms with Crippen LogP contribution >= 0.6 is 0 Å². The van der Waals surface area contributed by atoms with E-state index in [4.69, 9.17) is 5.26 Å². The molecule has 0 aliphatic rings. The molecule has 0 amide bonds. The van der Waals surface area contributed by atoms with Crippen molar-refractivity contribution in [2.75, 3.05) is 12.4 Å². The number of nitriles is 1. The van der Waals surface area contributed by atoms with Gasteiger partial charge in [-0.15, -0.1) is 0 Å². The number of esters is 1. The Hall–Kier alpha value is -1.91. The Morgan fingerprint density at radius 1 is 1.40 bits per heavy atom. The second kappa shape index (κ2) is 7.62. The number of hydrogen-bond donors (Lipinski definition) is 1. The molecule has 7 heteroatoms. The van der Waals surface area contributed by atoms with Crippen LogP contribution in [0.1, 0.15) is 24.9 Å². The Kier molecular flexibility index (Phi) is 6.15. The Morgan fingerprint density at radius 2 is 2.05 bits per heavy atom. The van der Waals surface area contributed by atoms with Gasteiger partial charge in [0.25, 0.3) is 0 Å². The topological polar surface area (TPSA) is 96.3 Å². The lowest BCUT2D eigenvalue weighted by Crippen LogP contribution is -2.31. The van der Waals surface area contributed by atoms with Gasteiger partial charge in [-0.05, 0) is 12.5 Å². The van der Waals surface area contributed by atoms with Crippen LogP contribution in [-0.4, -0.2) is 26.7 Å². The molecule has 6 nitrogen and oxygen atoms in total. The quantitative estimate of drug-likeness (QED) is 0.761. The molecule has 0 radical (unpaired) electrons. The van der Waals surface area contributed by atoms with Gasteiger partial charge in [0.1, 0.15) is 6.04 Å². The van der Waals surface area contributed by atoms with E-state index in [1.807, 2.05) is 6.07 Å². The molecule has 1 aromatic rings. The van der Waals surface area contributed by atoms with Gasteiger partial charge in [0.05, 0.1) is 24.8 Å². The van der Waals surface area contributed by atoms with Crippen molar-refractivity contribution in [3.05, 3.63) is 35.9 Å². The molecule has 0 aromatic heterocycles. The lowest BCUT2D eigenvalue weighted by atomic mass is 10.1. The second-order valence-electron chi connectivity index (χ2n) is 3.96. The summed E-state index contributed by atoms with van der Waals surface area (Å²) in [5, 5.41) is 9.04. The summed E-state index contributed by atoms with van der Waals surface area (Å²) in [4.78, 5) is 11.1. The van der Waals surface area contributed by atoms with Crippen LogP contribution in [0, 0.1) is 11.3 Å². The highest BCUT2D eigenvalue weighted by molar-refractivity contribution is 7.89. The van der Waals surface area contributed by atoms with E-state index in [2.05, 4.69) is 9.46 Å². The highest BCUT2D eigenvalue weighted by atomic mass is 32.2. The highest BCUT2D eigenvalue weighted by Crippen LogP contribution is 2.12. The van der Waals surface area contributed by atoms with Crippen LogP contribution in [0.2, 0.25) is 0 Å². The summed E-state index contributed by atoms with van der Waals surface area (Å²) >= 11 is 0. The number of rotatable bonds is 7. The molecule has 0 aliphatic carbocycles. The van der Waals surface area contributed by atoms with Crippen LogP contribution < -0.4 is 4.72 Å².